The van der Waals surface area contributed by atoms with Gasteiger partial charge in [-0.25, -0.2) is 4.79 Å². The Labute approximate surface area is 102 Å². The molecule has 0 aliphatic heterocycles. The maximum atomic E-state index is 10.1. The van der Waals surface area contributed by atoms with E-state index in [0.717, 1.165) is 10.9 Å². The van der Waals surface area contributed by atoms with E-state index in [2.05, 4.69) is 20.3 Å². The molecule has 0 spiro atoms. The Morgan fingerprint density at radius 3 is 3.00 bits per heavy atom. The van der Waals surface area contributed by atoms with Crippen LogP contribution in [0.5, 0.6) is 0 Å². The summed E-state index contributed by atoms with van der Waals surface area (Å²) in [5.74, 6) is 0.875. The molecule has 17 heavy (non-hydrogen) atoms. The van der Waals surface area contributed by atoms with E-state index in [4.69, 9.17) is 11.6 Å². The fourth-order valence-electron chi connectivity index (χ4n) is 1.47. The second-order valence-corrected chi connectivity index (χ2v) is 3.73. The van der Waals surface area contributed by atoms with Crippen LogP contribution in [0.3, 0.4) is 0 Å². The molecule has 6 heteroatoms. The normalized spacial score (nSPS) is 11.3. The van der Waals surface area contributed by atoms with Gasteiger partial charge in [-0.3, -0.25) is 4.99 Å². The van der Waals surface area contributed by atoms with Gasteiger partial charge in [-0.15, -0.1) is 4.99 Å². The molecule has 2 rings (SSSR count). The Hall–Kier alpha value is -2.10. The highest BCUT2D eigenvalue weighted by Gasteiger charge is 2.03. The van der Waals surface area contributed by atoms with Gasteiger partial charge in [0, 0.05) is 23.0 Å². The van der Waals surface area contributed by atoms with Gasteiger partial charge < -0.3 is 10.3 Å². The van der Waals surface area contributed by atoms with Gasteiger partial charge in [-0.1, -0.05) is 11.6 Å². The number of anilines is 1. The van der Waals surface area contributed by atoms with Gasteiger partial charge in [-0.05, 0) is 24.3 Å². The Bertz CT molecular complexity index is 625. The molecular weight excluding hydrogens is 240 g/mol. The van der Waals surface area contributed by atoms with Crippen LogP contribution >= 0.6 is 11.6 Å². The minimum absolute atomic E-state index is 0.192. The second kappa shape index (κ2) is 4.82. The number of hydrogen-bond acceptors (Lipinski definition) is 2. The number of halogens is 1. The molecule has 0 bridgehead atoms. The number of fused-ring (bicyclic) bond motifs is 1. The molecule has 2 N–H and O–H groups in total. The summed E-state index contributed by atoms with van der Waals surface area (Å²) in [7, 11) is 1.53. The SMILES string of the molecule is CN=C(N=C=O)Nc1cc2cc(Cl)ccc2[nH]1. The number of benzene rings is 1. The average molecular weight is 249 g/mol. The molecule has 1 aromatic carbocycles. The molecule has 5 nitrogen and oxygen atoms in total. The Morgan fingerprint density at radius 1 is 1.47 bits per heavy atom. The van der Waals surface area contributed by atoms with E-state index >= 15 is 0 Å². The third kappa shape index (κ3) is 2.53. The number of carbonyl (C=O) groups excluding carboxylic acids is 1. The number of aliphatic imine (C=N–C) groups is 2. The van der Waals surface area contributed by atoms with Crippen LogP contribution in [-0.2, 0) is 4.79 Å². The molecule has 0 unspecified atom stereocenters. The van der Waals surface area contributed by atoms with Crippen LogP contribution in [0, 0.1) is 0 Å². The zero-order valence-corrected chi connectivity index (χ0v) is 9.75. The lowest BCUT2D eigenvalue weighted by Gasteiger charge is -1.98. The first-order valence-corrected chi connectivity index (χ1v) is 5.20. The number of hydrogen-bond donors (Lipinski definition) is 2. The molecule has 1 aromatic heterocycles. The number of nitrogens with zero attached hydrogens (tertiary/aromatic N) is 2. The zero-order valence-electron chi connectivity index (χ0n) is 8.99. The summed E-state index contributed by atoms with van der Waals surface area (Å²) < 4.78 is 0. The Kier molecular flexibility index (Phi) is 3.23. The van der Waals surface area contributed by atoms with Crippen molar-refractivity contribution in [2.24, 2.45) is 9.98 Å². The molecule has 0 aliphatic rings. The van der Waals surface area contributed by atoms with Gasteiger partial charge in [0.05, 0.1) is 0 Å². The minimum atomic E-state index is 0.192. The quantitative estimate of drug-likeness (QED) is 0.463. The van der Waals surface area contributed by atoms with Crippen LogP contribution in [0.15, 0.2) is 34.3 Å². The summed E-state index contributed by atoms with van der Waals surface area (Å²) in [4.78, 5) is 20.5. The molecule has 2 aromatic rings. The Morgan fingerprint density at radius 2 is 2.29 bits per heavy atom. The van der Waals surface area contributed by atoms with Crippen LogP contribution in [0.25, 0.3) is 10.9 Å². The number of aromatic amines is 1. The van der Waals surface area contributed by atoms with Gasteiger partial charge in [-0.2, -0.15) is 0 Å². The molecule has 0 radical (unpaired) electrons. The van der Waals surface area contributed by atoms with Crippen molar-refractivity contribution in [3.05, 3.63) is 29.3 Å². The monoisotopic (exact) mass is 248 g/mol. The van der Waals surface area contributed by atoms with E-state index in [-0.39, 0.29) is 5.96 Å². The topological polar surface area (TPSA) is 69.6 Å². The highest BCUT2D eigenvalue weighted by molar-refractivity contribution is 6.31. The maximum Gasteiger partial charge on any atom is 0.243 e. The standard InChI is InChI=1S/C11H9ClN4O/c1-13-11(14-6-17)16-10-5-7-4-8(12)2-3-9(7)15-10/h2-5,15H,1H3,(H,13,16). The van der Waals surface area contributed by atoms with Gasteiger partial charge in [0.25, 0.3) is 0 Å². The van der Waals surface area contributed by atoms with Crippen molar-refractivity contribution in [3.8, 4) is 0 Å². The summed E-state index contributed by atoms with van der Waals surface area (Å²) in [6.07, 6.45) is 1.43. The summed E-state index contributed by atoms with van der Waals surface area (Å²) in [6.45, 7) is 0. The lowest BCUT2D eigenvalue weighted by Crippen LogP contribution is -2.08. The van der Waals surface area contributed by atoms with Crippen LogP contribution < -0.4 is 5.32 Å². The van der Waals surface area contributed by atoms with Crippen molar-refractivity contribution in [2.45, 2.75) is 0 Å². The molecule has 0 saturated carbocycles. The lowest BCUT2D eigenvalue weighted by molar-refractivity contribution is 0.565. The predicted molar refractivity (Wildman–Crippen MR) is 68.4 cm³/mol. The van der Waals surface area contributed by atoms with Gasteiger partial charge in [0.15, 0.2) is 0 Å². The minimum Gasteiger partial charge on any atom is -0.341 e. The first kappa shape index (κ1) is 11.4. The third-order valence-corrected chi connectivity index (χ3v) is 2.43. The van der Waals surface area contributed by atoms with Crippen molar-refractivity contribution in [3.63, 3.8) is 0 Å². The van der Waals surface area contributed by atoms with Crippen molar-refractivity contribution in [2.75, 3.05) is 12.4 Å². The van der Waals surface area contributed by atoms with E-state index in [1.165, 1.54) is 13.1 Å². The predicted octanol–water partition coefficient (Wildman–Crippen LogP) is 2.55. The second-order valence-electron chi connectivity index (χ2n) is 3.29. The zero-order chi connectivity index (χ0) is 12.3. The largest absolute Gasteiger partial charge is 0.341 e. The van der Waals surface area contributed by atoms with Crippen molar-refractivity contribution >= 4 is 40.4 Å². The molecule has 0 fully saturated rings. The summed E-state index contributed by atoms with van der Waals surface area (Å²) in [5.41, 5.74) is 0.933. The fraction of sp³-hybridized carbons (Fsp3) is 0.0909. The number of rotatable bonds is 1. The first-order valence-electron chi connectivity index (χ1n) is 4.83. The maximum absolute atomic E-state index is 10.1. The summed E-state index contributed by atoms with van der Waals surface area (Å²) in [6, 6.07) is 7.36. The van der Waals surface area contributed by atoms with Crippen LogP contribution in [-0.4, -0.2) is 24.1 Å². The molecule has 0 amide bonds. The van der Waals surface area contributed by atoms with E-state index < -0.39 is 0 Å². The van der Waals surface area contributed by atoms with Gasteiger partial charge in [0.2, 0.25) is 12.0 Å². The van der Waals surface area contributed by atoms with E-state index in [9.17, 15) is 4.79 Å². The van der Waals surface area contributed by atoms with Gasteiger partial charge in [0.1, 0.15) is 5.82 Å². The average Bonchev–Trinajstić information content (AvgIpc) is 2.69. The number of guanidine groups is 1. The lowest BCUT2D eigenvalue weighted by atomic mass is 10.2. The van der Waals surface area contributed by atoms with Crippen LogP contribution in [0.2, 0.25) is 5.02 Å². The number of H-pyrrole nitrogens is 1. The fourth-order valence-corrected chi connectivity index (χ4v) is 1.65. The van der Waals surface area contributed by atoms with Crippen molar-refractivity contribution in [1.82, 2.24) is 4.98 Å². The van der Waals surface area contributed by atoms with E-state index in [0.29, 0.717) is 10.8 Å². The molecule has 0 aliphatic carbocycles. The van der Waals surface area contributed by atoms with E-state index in [1.54, 1.807) is 6.07 Å². The smallest absolute Gasteiger partial charge is 0.243 e. The molecule has 86 valence electrons. The molecule has 0 saturated heterocycles. The Balaban J connectivity index is 2.34. The van der Waals surface area contributed by atoms with Crippen molar-refractivity contribution < 1.29 is 4.79 Å². The van der Waals surface area contributed by atoms with Crippen LogP contribution in [0.4, 0.5) is 5.82 Å². The third-order valence-electron chi connectivity index (χ3n) is 2.19. The summed E-state index contributed by atoms with van der Waals surface area (Å²) >= 11 is 5.88. The summed E-state index contributed by atoms with van der Waals surface area (Å²) in [5, 5.41) is 4.49. The highest BCUT2D eigenvalue weighted by atomic mass is 35.5. The van der Waals surface area contributed by atoms with Gasteiger partial charge >= 0.3 is 0 Å². The van der Waals surface area contributed by atoms with E-state index in [1.807, 2.05) is 18.2 Å². The van der Waals surface area contributed by atoms with Crippen molar-refractivity contribution in [1.29, 1.82) is 0 Å². The molecular formula is C11H9ClN4O. The molecule has 1 heterocycles. The first-order chi connectivity index (χ1) is 8.22. The number of aromatic nitrogens is 1. The molecule has 0 atom stereocenters. The van der Waals surface area contributed by atoms with Crippen LogP contribution in [0.1, 0.15) is 0 Å². The highest BCUT2D eigenvalue weighted by Crippen LogP contribution is 2.22. The number of isocyanates is 1. The number of nitrogens with one attached hydrogen (secondary N) is 2.